The molecule has 0 spiro atoms. The minimum atomic E-state index is -4.66. The van der Waals surface area contributed by atoms with Crippen molar-refractivity contribution in [1.29, 1.82) is 0 Å². The molecule has 6 heterocycles. The molecule has 1 saturated carbocycles. The van der Waals surface area contributed by atoms with Crippen LogP contribution in [0.4, 0.5) is 29.5 Å². The highest BCUT2D eigenvalue weighted by Crippen LogP contribution is 2.42. The molecule has 16 heteroatoms. The minimum absolute atomic E-state index is 0.261. The van der Waals surface area contributed by atoms with E-state index in [4.69, 9.17) is 14.7 Å². The van der Waals surface area contributed by atoms with Crippen molar-refractivity contribution >= 4 is 56.6 Å². The molecule has 0 bridgehead atoms. The second kappa shape index (κ2) is 14.6. The van der Waals surface area contributed by atoms with E-state index in [2.05, 4.69) is 26.6 Å². The molecule has 3 aliphatic rings. The first-order valence-electron chi connectivity index (χ1n) is 18.2. The van der Waals surface area contributed by atoms with E-state index >= 15 is 0 Å². The topological polar surface area (TPSA) is 134 Å². The molecule has 1 aromatic carbocycles. The number of pyridine rings is 2. The van der Waals surface area contributed by atoms with Gasteiger partial charge in [-0.05, 0) is 93.3 Å². The number of urea groups is 1. The molecule has 2 saturated heterocycles. The van der Waals surface area contributed by atoms with Gasteiger partial charge in [0.15, 0.2) is 0 Å². The number of nitrogens with zero attached hydrogens (tertiary/aromatic N) is 6. The Morgan fingerprint density at radius 1 is 1.00 bits per heavy atom. The van der Waals surface area contributed by atoms with Crippen LogP contribution in [0.5, 0.6) is 5.75 Å². The molecule has 1 aliphatic carbocycles. The number of anilines is 2. The van der Waals surface area contributed by atoms with Crippen molar-refractivity contribution in [2.75, 3.05) is 43.5 Å². The number of imide groups is 1. The van der Waals surface area contributed by atoms with Crippen LogP contribution >= 0.6 is 11.3 Å². The van der Waals surface area contributed by atoms with E-state index in [0.29, 0.717) is 41.6 Å². The number of halogens is 3. The van der Waals surface area contributed by atoms with E-state index < -0.39 is 23.8 Å². The Hall–Kier alpha value is -5.09. The van der Waals surface area contributed by atoms with E-state index in [9.17, 15) is 27.6 Å². The van der Waals surface area contributed by atoms with Crippen molar-refractivity contribution in [3.63, 3.8) is 0 Å². The summed E-state index contributed by atoms with van der Waals surface area (Å²) in [5, 5.41) is 6.10. The van der Waals surface area contributed by atoms with E-state index in [1.165, 1.54) is 18.7 Å². The molecule has 0 unspecified atom stereocenters. The summed E-state index contributed by atoms with van der Waals surface area (Å²) >= 11 is 1.58. The number of benzene rings is 1. The number of carbonyl (C=O) groups is 3. The van der Waals surface area contributed by atoms with Crippen LogP contribution in [0, 0.1) is 5.92 Å². The zero-order valence-corrected chi connectivity index (χ0v) is 30.4. The van der Waals surface area contributed by atoms with Crippen molar-refractivity contribution in [2.45, 2.75) is 63.0 Å². The number of piperidine rings is 1. The van der Waals surface area contributed by atoms with Crippen LogP contribution < -0.4 is 20.3 Å². The lowest BCUT2D eigenvalue weighted by atomic mass is 9.81. The van der Waals surface area contributed by atoms with Gasteiger partial charge in [0.2, 0.25) is 5.91 Å². The van der Waals surface area contributed by atoms with E-state index in [-0.39, 0.29) is 18.0 Å². The van der Waals surface area contributed by atoms with Gasteiger partial charge in [-0.1, -0.05) is 12.1 Å². The number of methoxy groups -OCH3 is 1. The number of hydrogen-bond acceptors (Lipinski definition) is 9. The summed E-state index contributed by atoms with van der Waals surface area (Å²) in [6.07, 6.45) is 5.60. The summed E-state index contributed by atoms with van der Waals surface area (Å²) in [6.45, 7) is 3.42. The van der Waals surface area contributed by atoms with Crippen molar-refractivity contribution in [3.05, 3.63) is 76.8 Å². The third-order valence-corrected chi connectivity index (χ3v) is 12.0. The summed E-state index contributed by atoms with van der Waals surface area (Å²) < 4.78 is 47.8. The number of imidazole rings is 1. The normalized spacial score (nSPS) is 20.4. The lowest BCUT2D eigenvalue weighted by Crippen LogP contribution is -2.50. The van der Waals surface area contributed by atoms with Gasteiger partial charge in [-0.3, -0.25) is 24.2 Å². The van der Waals surface area contributed by atoms with Gasteiger partial charge in [0, 0.05) is 37.7 Å². The zero-order chi connectivity index (χ0) is 37.6. The molecule has 0 radical (unpaired) electrons. The molecule has 282 valence electrons. The van der Waals surface area contributed by atoms with Crippen LogP contribution in [0.25, 0.3) is 15.9 Å². The van der Waals surface area contributed by atoms with Crippen LogP contribution in [0.15, 0.2) is 54.9 Å². The second-order valence-corrected chi connectivity index (χ2v) is 15.3. The maximum absolute atomic E-state index is 13.2. The number of fused-ring (bicyclic) bond motifs is 2. The summed E-state index contributed by atoms with van der Waals surface area (Å²) in [5.74, 6) is 1.32. The molecule has 4 amide bonds. The van der Waals surface area contributed by atoms with Gasteiger partial charge in [0.25, 0.3) is 5.91 Å². The number of hydrogen-bond donors (Lipinski definition) is 2. The first-order chi connectivity index (χ1) is 26.0. The third-order valence-electron chi connectivity index (χ3n) is 10.9. The van der Waals surface area contributed by atoms with Gasteiger partial charge in [-0.2, -0.15) is 13.2 Å². The number of nitrogens with one attached hydrogen (secondary N) is 2. The Bertz CT molecular complexity index is 2220. The van der Waals surface area contributed by atoms with E-state index in [1.54, 1.807) is 34.6 Å². The molecular weight excluding hydrogens is 722 g/mol. The number of thiazole rings is 1. The summed E-state index contributed by atoms with van der Waals surface area (Å²) in [4.78, 5) is 54.3. The average molecular weight is 761 g/mol. The highest BCUT2D eigenvalue weighted by Gasteiger charge is 2.34. The quantitative estimate of drug-likeness (QED) is 0.170. The lowest BCUT2D eigenvalue weighted by Gasteiger charge is -2.36. The smallest absolute Gasteiger partial charge is 0.433 e. The van der Waals surface area contributed by atoms with Crippen molar-refractivity contribution in [3.8, 4) is 5.75 Å². The standard InChI is InChI=1S/C38H39F3N8O4S/c1-53-29-18-28-30(19-27(29)44-35(51)26-5-2-6-31(43-26)38(39,40)41)54-36(45-28)24-9-7-22(8-10-24)21-47-15-11-23(12-16-47)25-4-3-14-48-33(20-42-34(25)48)49-17-13-32(50)46-37(49)52/h2-6,14,18-20,22-24H,7-13,15-17,21H2,1H3,(H,44,51)(H,46,50,52). The van der Waals surface area contributed by atoms with Crippen LogP contribution in [0.3, 0.4) is 0 Å². The molecule has 54 heavy (non-hydrogen) atoms. The molecule has 12 nitrogen and oxygen atoms in total. The fourth-order valence-electron chi connectivity index (χ4n) is 8.02. The predicted molar refractivity (Wildman–Crippen MR) is 197 cm³/mol. The Labute approximate surface area is 312 Å². The maximum atomic E-state index is 13.2. The molecule has 2 N–H and O–H groups in total. The van der Waals surface area contributed by atoms with E-state index in [1.807, 2.05) is 16.7 Å². The number of amides is 4. The van der Waals surface area contributed by atoms with Crippen molar-refractivity contribution in [2.24, 2.45) is 5.92 Å². The Kier molecular flexibility index (Phi) is 9.73. The minimum Gasteiger partial charge on any atom is -0.494 e. The van der Waals surface area contributed by atoms with Gasteiger partial charge >= 0.3 is 12.2 Å². The number of rotatable bonds is 8. The fraction of sp³-hybridized carbons (Fsp3) is 0.421. The number of aromatic nitrogens is 4. The van der Waals surface area contributed by atoms with Gasteiger partial charge < -0.3 is 15.0 Å². The molecule has 8 rings (SSSR count). The first-order valence-corrected chi connectivity index (χ1v) is 19.0. The predicted octanol–water partition coefficient (Wildman–Crippen LogP) is 7.22. The molecule has 4 aromatic heterocycles. The number of likely N-dealkylation sites (tertiary alicyclic amines) is 1. The highest BCUT2D eigenvalue weighted by molar-refractivity contribution is 7.18. The molecule has 2 aliphatic heterocycles. The molecule has 3 fully saturated rings. The van der Waals surface area contributed by atoms with Gasteiger partial charge in [-0.25, -0.2) is 19.7 Å². The van der Waals surface area contributed by atoms with Crippen LogP contribution in [-0.2, 0) is 11.0 Å². The van der Waals surface area contributed by atoms with E-state index in [0.717, 1.165) is 91.2 Å². The number of alkyl halides is 3. The van der Waals surface area contributed by atoms with Crippen molar-refractivity contribution in [1.82, 2.24) is 29.6 Å². The summed E-state index contributed by atoms with van der Waals surface area (Å²) in [6, 6.07) is 10.5. The number of ether oxygens (including phenoxy) is 1. The van der Waals surface area contributed by atoms with Gasteiger partial charge in [0.05, 0.1) is 34.2 Å². The Morgan fingerprint density at radius 2 is 1.80 bits per heavy atom. The largest absolute Gasteiger partial charge is 0.494 e. The lowest BCUT2D eigenvalue weighted by molar-refractivity contribution is -0.141. The zero-order valence-electron chi connectivity index (χ0n) is 29.6. The SMILES string of the molecule is COc1cc2nc(C3CCC(CN4CCC(c5cccn6c(N7CCC(=O)NC7=O)cnc56)CC4)CC3)sc2cc1NC(=O)c1cccc(C(F)(F)F)n1. The van der Waals surface area contributed by atoms with Crippen molar-refractivity contribution < 1.29 is 32.3 Å². The number of carbonyl (C=O) groups excluding carboxylic acids is 3. The Morgan fingerprint density at radius 3 is 2.54 bits per heavy atom. The summed E-state index contributed by atoms with van der Waals surface area (Å²) in [7, 11) is 1.47. The maximum Gasteiger partial charge on any atom is 0.433 e. The second-order valence-electron chi connectivity index (χ2n) is 14.3. The fourth-order valence-corrected chi connectivity index (χ4v) is 9.18. The Balaban J connectivity index is 0.859. The summed E-state index contributed by atoms with van der Waals surface area (Å²) in [5.41, 5.74) is 1.66. The van der Waals surface area contributed by atoms with Crippen LogP contribution in [0.1, 0.15) is 83.5 Å². The molecular formula is C38H39F3N8O4S. The van der Waals surface area contributed by atoms with Gasteiger partial charge in [-0.15, -0.1) is 11.3 Å². The van der Waals surface area contributed by atoms with Gasteiger partial charge in [0.1, 0.15) is 28.6 Å². The monoisotopic (exact) mass is 760 g/mol. The average Bonchev–Trinajstić information content (AvgIpc) is 3.79. The van der Waals surface area contributed by atoms with Crippen LogP contribution in [-0.4, -0.2) is 75.4 Å². The molecule has 0 atom stereocenters. The highest BCUT2D eigenvalue weighted by atomic mass is 32.1. The third kappa shape index (κ3) is 7.23. The molecule has 5 aromatic rings. The first kappa shape index (κ1) is 35.9. The van der Waals surface area contributed by atoms with Crippen LogP contribution in [0.2, 0.25) is 0 Å².